The van der Waals surface area contributed by atoms with Gasteiger partial charge in [-0.05, 0) is 41.5 Å². The number of aromatic nitrogens is 3. The number of carbonyl (C=O) groups is 1. The molecule has 0 unspecified atom stereocenters. The quantitative estimate of drug-likeness (QED) is 0.711. The number of carboxylic acid groups (broad SMARTS) is 1. The maximum Gasteiger partial charge on any atom is 0.359 e. The molecule has 0 fully saturated rings. The molecule has 2 N–H and O–H groups in total. The molecule has 0 amide bonds. The van der Waals surface area contributed by atoms with Gasteiger partial charge >= 0.3 is 5.97 Å². The summed E-state index contributed by atoms with van der Waals surface area (Å²) < 4.78 is 5.49. The summed E-state index contributed by atoms with van der Waals surface area (Å²) in [7, 11) is 0. The third kappa shape index (κ3) is 3.16. The van der Waals surface area contributed by atoms with Crippen LogP contribution in [0.3, 0.4) is 0 Å². The molecule has 26 heavy (non-hydrogen) atoms. The number of nitrogens with one attached hydrogen (secondary N) is 1. The third-order valence-electron chi connectivity index (χ3n) is 3.77. The molecule has 0 spiro atoms. The molecule has 0 saturated heterocycles. The highest BCUT2D eigenvalue weighted by Crippen LogP contribution is 2.22. The van der Waals surface area contributed by atoms with Crippen LogP contribution < -0.4 is 4.74 Å². The minimum atomic E-state index is -1.19. The number of nitrogens with zero attached hydrogens (tertiary/aromatic N) is 3. The van der Waals surface area contributed by atoms with E-state index in [1.165, 1.54) is 5.56 Å². The molecule has 7 heteroatoms. The van der Waals surface area contributed by atoms with Gasteiger partial charge in [-0.25, -0.2) is 9.89 Å². The van der Waals surface area contributed by atoms with Gasteiger partial charge in [0.2, 0.25) is 5.69 Å². The molecule has 4 rings (SSSR count). The molecule has 3 aromatic rings. The first-order valence-electron chi connectivity index (χ1n) is 7.76. The highest BCUT2D eigenvalue weighted by molar-refractivity contribution is 5.87. The molecular formula is C19H12N4O3. The lowest BCUT2D eigenvalue weighted by molar-refractivity contribution is 0.0687. The monoisotopic (exact) mass is 344 g/mol. The number of hydrogen-bond donors (Lipinski definition) is 2. The van der Waals surface area contributed by atoms with Crippen molar-refractivity contribution in [1.29, 1.82) is 0 Å². The van der Waals surface area contributed by atoms with Gasteiger partial charge in [0, 0.05) is 17.3 Å². The third-order valence-corrected chi connectivity index (χ3v) is 3.77. The normalized spacial score (nSPS) is 11.5. The van der Waals surface area contributed by atoms with Crippen LogP contribution in [0.4, 0.5) is 0 Å². The molecule has 0 saturated carbocycles. The van der Waals surface area contributed by atoms with Crippen molar-refractivity contribution >= 4 is 12.2 Å². The topological polar surface area (TPSA) is 100 Å². The number of H-pyrrole nitrogens is 1. The number of aliphatic imine (C=N–C) groups is 1. The molecule has 0 aliphatic carbocycles. The summed E-state index contributed by atoms with van der Waals surface area (Å²) in [4.78, 5) is 15.3. The van der Waals surface area contributed by atoms with Gasteiger partial charge in [0.25, 0.3) is 5.88 Å². The predicted octanol–water partition coefficient (Wildman–Crippen LogP) is 2.63. The molecule has 1 aliphatic heterocycles. The van der Waals surface area contributed by atoms with Gasteiger partial charge in [0.1, 0.15) is 5.75 Å². The van der Waals surface area contributed by atoms with E-state index in [2.05, 4.69) is 32.2 Å². The zero-order chi connectivity index (χ0) is 17.9. The Kier molecular flexibility index (Phi) is 3.92. The molecule has 126 valence electrons. The molecule has 1 aromatic heterocycles. The van der Waals surface area contributed by atoms with Crippen molar-refractivity contribution in [3.05, 3.63) is 70.4 Å². The Labute approximate surface area is 148 Å². The first-order chi connectivity index (χ1) is 12.7. The number of aromatic amines is 1. The van der Waals surface area contributed by atoms with Gasteiger partial charge in [-0.2, -0.15) is 0 Å². The van der Waals surface area contributed by atoms with E-state index < -0.39 is 5.97 Å². The molecule has 2 aromatic carbocycles. The minimum absolute atomic E-state index is 0.0967. The van der Waals surface area contributed by atoms with Gasteiger partial charge < -0.3 is 9.84 Å². The van der Waals surface area contributed by atoms with E-state index in [1.807, 2.05) is 30.5 Å². The zero-order valence-electron chi connectivity index (χ0n) is 13.4. The minimum Gasteiger partial charge on any atom is -0.476 e. The number of fused-ring (bicyclic) bond motifs is 1. The van der Waals surface area contributed by atoms with Gasteiger partial charge in [0.05, 0.1) is 6.54 Å². The summed E-state index contributed by atoms with van der Waals surface area (Å²) in [5, 5.41) is 18.4. The van der Waals surface area contributed by atoms with Crippen molar-refractivity contribution in [2.75, 3.05) is 0 Å². The average Bonchev–Trinajstić information content (AvgIpc) is 3.29. The maximum absolute atomic E-state index is 11.1. The second-order valence-electron chi connectivity index (χ2n) is 5.56. The predicted molar refractivity (Wildman–Crippen MR) is 93.6 cm³/mol. The van der Waals surface area contributed by atoms with E-state index in [1.54, 1.807) is 18.2 Å². The second kappa shape index (κ2) is 6.53. The van der Waals surface area contributed by atoms with Crippen molar-refractivity contribution in [1.82, 2.24) is 15.4 Å². The van der Waals surface area contributed by atoms with E-state index >= 15 is 0 Å². The lowest BCUT2D eigenvalue weighted by atomic mass is 10.1. The van der Waals surface area contributed by atoms with Crippen molar-refractivity contribution in [2.45, 2.75) is 6.54 Å². The SMILES string of the molecule is O=C(O)c1[nH]nnc1Oc1cccc(C#Cc2ccc3c(c2)C=NC3)c1. The van der Waals surface area contributed by atoms with E-state index in [-0.39, 0.29) is 11.6 Å². The molecule has 1 aliphatic rings. The number of hydrogen-bond acceptors (Lipinski definition) is 5. The smallest absolute Gasteiger partial charge is 0.359 e. The van der Waals surface area contributed by atoms with E-state index in [9.17, 15) is 4.79 Å². The van der Waals surface area contributed by atoms with Gasteiger partial charge in [-0.1, -0.05) is 34.3 Å². The summed E-state index contributed by atoms with van der Waals surface area (Å²) in [5.41, 5.74) is 3.72. The number of aromatic carboxylic acids is 1. The van der Waals surface area contributed by atoms with Crippen LogP contribution in [-0.2, 0) is 6.54 Å². The molecule has 2 heterocycles. The van der Waals surface area contributed by atoms with Crippen molar-refractivity contribution in [3.63, 3.8) is 0 Å². The summed E-state index contributed by atoms with van der Waals surface area (Å²) in [6.07, 6.45) is 1.85. The fourth-order valence-electron chi connectivity index (χ4n) is 2.50. The van der Waals surface area contributed by atoms with Crippen LogP contribution in [0.2, 0.25) is 0 Å². The zero-order valence-corrected chi connectivity index (χ0v) is 13.4. The van der Waals surface area contributed by atoms with Gasteiger partial charge in [-0.15, -0.1) is 0 Å². The fourth-order valence-corrected chi connectivity index (χ4v) is 2.50. The van der Waals surface area contributed by atoms with Crippen LogP contribution in [0.5, 0.6) is 11.6 Å². The molecular weight excluding hydrogens is 332 g/mol. The van der Waals surface area contributed by atoms with Crippen molar-refractivity contribution in [2.24, 2.45) is 4.99 Å². The van der Waals surface area contributed by atoms with Crippen LogP contribution in [-0.4, -0.2) is 32.7 Å². The Morgan fingerprint density at radius 1 is 1.15 bits per heavy atom. The van der Waals surface area contributed by atoms with Crippen molar-refractivity contribution in [3.8, 4) is 23.5 Å². The van der Waals surface area contributed by atoms with Crippen LogP contribution in [0.15, 0.2) is 47.5 Å². The average molecular weight is 344 g/mol. The summed E-state index contributed by atoms with van der Waals surface area (Å²) in [5.74, 6) is 5.32. The first kappa shape index (κ1) is 15.6. The van der Waals surface area contributed by atoms with E-state index in [4.69, 9.17) is 9.84 Å². The van der Waals surface area contributed by atoms with E-state index in [0.717, 1.165) is 23.2 Å². The maximum atomic E-state index is 11.1. The number of benzene rings is 2. The van der Waals surface area contributed by atoms with Gasteiger partial charge in [0.15, 0.2) is 0 Å². The lowest BCUT2D eigenvalue weighted by Gasteiger charge is -2.03. The molecule has 0 bridgehead atoms. The van der Waals surface area contributed by atoms with E-state index in [0.29, 0.717) is 5.75 Å². The molecule has 0 radical (unpaired) electrons. The number of carboxylic acids is 1. The highest BCUT2D eigenvalue weighted by Gasteiger charge is 2.16. The van der Waals surface area contributed by atoms with Crippen LogP contribution >= 0.6 is 0 Å². The fraction of sp³-hybridized carbons (Fsp3) is 0.0526. The summed E-state index contributed by atoms with van der Waals surface area (Å²) in [6, 6.07) is 13.0. The van der Waals surface area contributed by atoms with Gasteiger partial charge in [-0.3, -0.25) is 4.99 Å². The van der Waals surface area contributed by atoms with Crippen LogP contribution in [0.25, 0.3) is 0 Å². The number of rotatable bonds is 3. The molecule has 7 nitrogen and oxygen atoms in total. The first-order valence-corrected chi connectivity index (χ1v) is 7.76. The Morgan fingerprint density at radius 2 is 2.00 bits per heavy atom. The summed E-state index contributed by atoms with van der Waals surface area (Å²) in [6.45, 7) is 0.725. The Bertz CT molecular complexity index is 1090. The van der Waals surface area contributed by atoms with Crippen LogP contribution in [0, 0.1) is 11.8 Å². The molecule has 0 atom stereocenters. The standard InChI is InChI=1S/C19H12N4O3/c24-19(25)17-18(22-23-21-17)26-16-3-1-2-12(9-16)4-5-13-6-7-14-10-20-11-15(14)8-13/h1-3,6-9,11H,10H2,(H,24,25)(H,21,22,23). The largest absolute Gasteiger partial charge is 0.476 e. The second-order valence-corrected chi connectivity index (χ2v) is 5.56. The Hall–Kier alpha value is -3.92. The van der Waals surface area contributed by atoms with Crippen molar-refractivity contribution < 1.29 is 14.6 Å². The number of ether oxygens (including phenoxy) is 1. The Balaban J connectivity index is 1.56. The lowest BCUT2D eigenvalue weighted by Crippen LogP contribution is -1.99. The highest BCUT2D eigenvalue weighted by atomic mass is 16.5. The summed E-state index contributed by atoms with van der Waals surface area (Å²) >= 11 is 0. The van der Waals surface area contributed by atoms with Crippen LogP contribution in [0.1, 0.15) is 32.7 Å². The Morgan fingerprint density at radius 3 is 2.85 bits per heavy atom.